The molecule has 1 aliphatic rings. The van der Waals surface area contributed by atoms with Crippen molar-refractivity contribution in [1.82, 2.24) is 4.90 Å². The molecule has 0 aliphatic carbocycles. The molecule has 0 bridgehead atoms. The van der Waals surface area contributed by atoms with Crippen LogP contribution in [0.5, 0.6) is 0 Å². The fraction of sp³-hybridized carbons (Fsp3) is 0.500. The van der Waals surface area contributed by atoms with Gasteiger partial charge in [-0.2, -0.15) is 0 Å². The number of nitro benzene ring substituents is 1. The number of hydrogen-bond donors (Lipinski definition) is 1. The quantitative estimate of drug-likeness (QED) is 0.688. The summed E-state index contributed by atoms with van der Waals surface area (Å²) in [4.78, 5) is 12.6. The number of piperidine rings is 1. The van der Waals surface area contributed by atoms with E-state index in [2.05, 4.69) is 4.90 Å². The molecule has 106 valence electrons. The van der Waals surface area contributed by atoms with Gasteiger partial charge in [-0.3, -0.25) is 15.0 Å². The molecule has 2 N–H and O–H groups in total. The van der Waals surface area contributed by atoms with E-state index < -0.39 is 4.92 Å². The number of benzene rings is 1. The molecule has 1 unspecified atom stereocenters. The van der Waals surface area contributed by atoms with Gasteiger partial charge in [0.25, 0.3) is 5.69 Å². The average Bonchev–Trinajstić information content (AvgIpc) is 2.31. The van der Waals surface area contributed by atoms with Crippen molar-refractivity contribution < 1.29 is 4.92 Å². The predicted octanol–water partition coefficient (Wildman–Crippen LogP) is 2.59. The van der Waals surface area contributed by atoms with Crippen LogP contribution in [-0.2, 0) is 6.54 Å². The Morgan fingerprint density at radius 1 is 1.53 bits per heavy atom. The summed E-state index contributed by atoms with van der Waals surface area (Å²) < 4.78 is 0. The van der Waals surface area contributed by atoms with Crippen molar-refractivity contribution in [3.05, 3.63) is 38.9 Å². The lowest BCUT2D eigenvalue weighted by molar-refractivity contribution is -0.384. The maximum atomic E-state index is 10.8. The fourth-order valence-corrected chi connectivity index (χ4v) is 2.48. The molecule has 0 aromatic heterocycles. The summed E-state index contributed by atoms with van der Waals surface area (Å²) in [5.74, 6) is 0. The minimum atomic E-state index is -0.451. The summed E-state index contributed by atoms with van der Waals surface area (Å²) in [6.45, 7) is 2.52. The number of likely N-dealkylation sites (tertiary alicyclic amines) is 1. The van der Waals surface area contributed by atoms with Crippen LogP contribution < -0.4 is 5.73 Å². The first-order valence-corrected chi connectivity index (χ1v) is 6.35. The van der Waals surface area contributed by atoms with E-state index in [-0.39, 0.29) is 29.2 Å². The van der Waals surface area contributed by atoms with Gasteiger partial charge in [0.1, 0.15) is 5.02 Å². The van der Waals surface area contributed by atoms with Crippen LogP contribution in [0.4, 0.5) is 5.69 Å². The lowest BCUT2D eigenvalue weighted by Crippen LogP contribution is -2.42. The summed E-state index contributed by atoms with van der Waals surface area (Å²) in [7, 11) is 0. The second-order valence-electron chi connectivity index (χ2n) is 4.68. The van der Waals surface area contributed by atoms with Gasteiger partial charge in [-0.05, 0) is 31.0 Å². The Labute approximate surface area is 123 Å². The van der Waals surface area contributed by atoms with Crippen molar-refractivity contribution in [2.24, 2.45) is 5.73 Å². The number of hydrogen-bond acceptors (Lipinski definition) is 4. The Morgan fingerprint density at radius 2 is 2.26 bits per heavy atom. The Bertz CT molecular complexity index is 457. The van der Waals surface area contributed by atoms with Gasteiger partial charge in [0, 0.05) is 25.2 Å². The number of nitrogens with zero attached hydrogens (tertiary/aromatic N) is 2. The Morgan fingerprint density at radius 3 is 2.89 bits per heavy atom. The molecular formula is C12H17Cl2N3O2. The summed E-state index contributed by atoms with van der Waals surface area (Å²) in [5, 5.41) is 11.0. The first-order chi connectivity index (χ1) is 8.56. The van der Waals surface area contributed by atoms with E-state index in [1.807, 2.05) is 6.07 Å². The van der Waals surface area contributed by atoms with Gasteiger partial charge in [0.2, 0.25) is 0 Å². The average molecular weight is 306 g/mol. The highest BCUT2D eigenvalue weighted by molar-refractivity contribution is 6.32. The third kappa shape index (κ3) is 4.31. The van der Waals surface area contributed by atoms with Gasteiger partial charge < -0.3 is 5.73 Å². The molecule has 7 heteroatoms. The van der Waals surface area contributed by atoms with E-state index in [0.29, 0.717) is 6.54 Å². The van der Waals surface area contributed by atoms with Gasteiger partial charge in [0.15, 0.2) is 0 Å². The highest BCUT2D eigenvalue weighted by Crippen LogP contribution is 2.26. The lowest BCUT2D eigenvalue weighted by Gasteiger charge is -2.30. The maximum absolute atomic E-state index is 10.8. The van der Waals surface area contributed by atoms with Crippen molar-refractivity contribution >= 4 is 29.7 Å². The fourth-order valence-electron chi connectivity index (χ4n) is 2.29. The normalized spacial score (nSPS) is 19.8. The monoisotopic (exact) mass is 305 g/mol. The molecule has 1 heterocycles. The Balaban J connectivity index is 0.00000180. The van der Waals surface area contributed by atoms with Gasteiger partial charge >= 0.3 is 0 Å². The highest BCUT2D eigenvalue weighted by atomic mass is 35.5. The molecule has 1 saturated heterocycles. The molecule has 5 nitrogen and oxygen atoms in total. The van der Waals surface area contributed by atoms with Crippen molar-refractivity contribution in [3.8, 4) is 0 Å². The van der Waals surface area contributed by atoms with E-state index in [4.69, 9.17) is 17.3 Å². The van der Waals surface area contributed by atoms with E-state index in [1.54, 1.807) is 12.1 Å². The van der Waals surface area contributed by atoms with Crippen molar-refractivity contribution in [1.29, 1.82) is 0 Å². The number of nitro groups is 1. The number of halogens is 2. The molecule has 1 aromatic carbocycles. The largest absolute Gasteiger partial charge is 0.327 e. The Kier molecular flexibility index (Phi) is 6.00. The maximum Gasteiger partial charge on any atom is 0.288 e. The predicted molar refractivity (Wildman–Crippen MR) is 77.8 cm³/mol. The van der Waals surface area contributed by atoms with Gasteiger partial charge in [0.05, 0.1) is 4.92 Å². The van der Waals surface area contributed by atoms with Crippen LogP contribution in [-0.4, -0.2) is 29.0 Å². The van der Waals surface area contributed by atoms with Crippen LogP contribution in [0, 0.1) is 10.1 Å². The smallest absolute Gasteiger partial charge is 0.288 e. The molecule has 1 atom stereocenters. The zero-order chi connectivity index (χ0) is 13.1. The highest BCUT2D eigenvalue weighted by Gasteiger charge is 2.18. The first kappa shape index (κ1) is 16.2. The van der Waals surface area contributed by atoms with E-state index in [0.717, 1.165) is 31.5 Å². The van der Waals surface area contributed by atoms with Crippen molar-refractivity contribution in [2.45, 2.75) is 25.4 Å². The molecular weight excluding hydrogens is 289 g/mol. The van der Waals surface area contributed by atoms with E-state index in [1.165, 1.54) is 0 Å². The summed E-state index contributed by atoms with van der Waals surface area (Å²) in [6, 6.07) is 5.16. The molecule has 0 saturated carbocycles. The molecule has 0 amide bonds. The van der Waals surface area contributed by atoms with Crippen LogP contribution >= 0.6 is 24.0 Å². The topological polar surface area (TPSA) is 72.4 Å². The minimum Gasteiger partial charge on any atom is -0.327 e. The van der Waals surface area contributed by atoms with Gasteiger partial charge in [-0.1, -0.05) is 17.7 Å². The summed E-state index contributed by atoms with van der Waals surface area (Å²) in [6.07, 6.45) is 2.13. The Hall–Kier alpha value is -0.880. The van der Waals surface area contributed by atoms with E-state index in [9.17, 15) is 10.1 Å². The molecule has 2 rings (SSSR count). The van der Waals surface area contributed by atoms with E-state index >= 15 is 0 Å². The van der Waals surface area contributed by atoms with Crippen LogP contribution in [0.1, 0.15) is 18.4 Å². The van der Waals surface area contributed by atoms with Crippen LogP contribution in [0.3, 0.4) is 0 Å². The lowest BCUT2D eigenvalue weighted by atomic mass is 10.1. The van der Waals surface area contributed by atoms with Crippen molar-refractivity contribution in [3.63, 3.8) is 0 Å². The third-order valence-electron chi connectivity index (χ3n) is 3.16. The second kappa shape index (κ2) is 7.05. The standard InChI is InChI=1S/C12H16ClN3O2.ClH/c13-11-4-3-9(6-12(11)16(17)18)7-15-5-1-2-10(14)8-15;/h3-4,6,10H,1-2,5,7-8,14H2;1H. The SMILES string of the molecule is Cl.NC1CCCN(Cc2ccc(Cl)c([N+](=O)[O-])c2)C1. The zero-order valence-electron chi connectivity index (χ0n) is 10.4. The van der Waals surface area contributed by atoms with Crippen LogP contribution in [0.15, 0.2) is 18.2 Å². The first-order valence-electron chi connectivity index (χ1n) is 5.97. The summed E-state index contributed by atoms with van der Waals surface area (Å²) >= 11 is 5.78. The van der Waals surface area contributed by atoms with Crippen LogP contribution in [0.25, 0.3) is 0 Å². The molecule has 0 radical (unpaired) electrons. The van der Waals surface area contributed by atoms with Gasteiger partial charge in [-0.15, -0.1) is 12.4 Å². The molecule has 1 aliphatic heterocycles. The molecule has 19 heavy (non-hydrogen) atoms. The van der Waals surface area contributed by atoms with Gasteiger partial charge in [-0.25, -0.2) is 0 Å². The minimum absolute atomic E-state index is 0. The van der Waals surface area contributed by atoms with Crippen LogP contribution in [0.2, 0.25) is 5.02 Å². The number of nitrogens with two attached hydrogens (primary N) is 1. The third-order valence-corrected chi connectivity index (χ3v) is 3.48. The van der Waals surface area contributed by atoms with Crippen molar-refractivity contribution in [2.75, 3.05) is 13.1 Å². The zero-order valence-corrected chi connectivity index (χ0v) is 12.0. The number of rotatable bonds is 3. The second-order valence-corrected chi connectivity index (χ2v) is 5.09. The molecule has 1 aromatic rings. The molecule has 1 fully saturated rings. The summed E-state index contributed by atoms with van der Waals surface area (Å²) in [5.41, 5.74) is 6.78. The molecule has 0 spiro atoms.